The molecule has 148 valence electrons. The molecule has 6 nitrogen and oxygen atoms in total. The van der Waals surface area contributed by atoms with Crippen LogP contribution in [0.25, 0.3) is 0 Å². The Hall–Kier alpha value is -2.45. The number of aryl methyl sites for hydroxylation is 3. The zero-order valence-corrected chi connectivity index (χ0v) is 17.9. The van der Waals surface area contributed by atoms with Gasteiger partial charge in [-0.2, -0.15) is 0 Å². The van der Waals surface area contributed by atoms with Crippen molar-refractivity contribution in [3.05, 3.63) is 61.5 Å². The number of carbonyl (C=O) groups is 1. The molecule has 0 bridgehead atoms. The predicted molar refractivity (Wildman–Crippen MR) is 114 cm³/mol. The highest BCUT2D eigenvalue weighted by molar-refractivity contribution is 7.10. The van der Waals surface area contributed by atoms with Crippen LogP contribution >= 0.6 is 22.7 Å². The van der Waals surface area contributed by atoms with Crippen LogP contribution in [0.5, 0.6) is 0 Å². The van der Waals surface area contributed by atoms with Crippen LogP contribution in [0.2, 0.25) is 0 Å². The van der Waals surface area contributed by atoms with Gasteiger partial charge in [0.15, 0.2) is 6.61 Å². The van der Waals surface area contributed by atoms with E-state index in [2.05, 4.69) is 32.2 Å². The van der Waals surface area contributed by atoms with Crippen LogP contribution in [0.3, 0.4) is 0 Å². The molecular weight excluding hydrogens is 392 g/mol. The molecule has 0 unspecified atom stereocenters. The normalized spacial score (nSPS) is 11.8. The zero-order chi connectivity index (χ0) is 20.1. The van der Waals surface area contributed by atoms with Gasteiger partial charge in [-0.25, -0.2) is 4.98 Å². The van der Waals surface area contributed by atoms with E-state index in [9.17, 15) is 4.79 Å². The maximum Gasteiger partial charge on any atom is 0.204 e. The highest BCUT2D eigenvalue weighted by atomic mass is 32.1. The Bertz CT molecular complexity index is 971. The largest absolute Gasteiger partial charge is 0.386 e. The molecule has 3 heterocycles. The van der Waals surface area contributed by atoms with E-state index in [4.69, 9.17) is 10.6 Å². The molecule has 0 aliphatic heterocycles. The van der Waals surface area contributed by atoms with E-state index in [-0.39, 0.29) is 12.4 Å². The maximum atomic E-state index is 12.6. The van der Waals surface area contributed by atoms with Crippen molar-refractivity contribution in [3.63, 3.8) is 0 Å². The van der Waals surface area contributed by atoms with Crippen molar-refractivity contribution in [1.82, 2.24) is 9.55 Å². The van der Waals surface area contributed by atoms with Gasteiger partial charge in [0.25, 0.3) is 0 Å². The molecule has 0 fully saturated rings. The van der Waals surface area contributed by atoms with Gasteiger partial charge in [0.05, 0.1) is 17.1 Å². The SMILES string of the molecule is Cc1nc(C/C(N)=N\OCC(=O)c2cc(C)n(CCc3cccs3)c2C)cs1. The molecule has 0 amide bonds. The topological polar surface area (TPSA) is 82.5 Å². The van der Waals surface area contributed by atoms with Crippen LogP contribution in [0, 0.1) is 20.8 Å². The molecule has 0 atom stereocenters. The summed E-state index contributed by atoms with van der Waals surface area (Å²) in [6.45, 7) is 6.64. The van der Waals surface area contributed by atoms with E-state index in [1.165, 1.54) is 4.88 Å². The van der Waals surface area contributed by atoms with Crippen molar-refractivity contribution in [2.24, 2.45) is 10.9 Å². The number of Topliss-reactive ketones (excluding diaryl/α,β-unsaturated/α-hetero) is 1. The van der Waals surface area contributed by atoms with Crippen LogP contribution < -0.4 is 5.73 Å². The minimum Gasteiger partial charge on any atom is -0.386 e. The van der Waals surface area contributed by atoms with Crippen molar-refractivity contribution in [2.75, 3.05) is 6.61 Å². The van der Waals surface area contributed by atoms with E-state index < -0.39 is 0 Å². The summed E-state index contributed by atoms with van der Waals surface area (Å²) < 4.78 is 2.18. The van der Waals surface area contributed by atoms with Crippen LogP contribution in [0.1, 0.15) is 37.3 Å². The second-order valence-corrected chi connectivity index (χ2v) is 8.67. The minimum absolute atomic E-state index is 0.100. The van der Waals surface area contributed by atoms with Gasteiger partial charge < -0.3 is 15.1 Å². The van der Waals surface area contributed by atoms with Crippen LogP contribution in [-0.2, 0) is 24.2 Å². The number of amidine groups is 1. The third-order valence-electron chi connectivity index (χ3n) is 4.44. The van der Waals surface area contributed by atoms with Gasteiger partial charge in [0.1, 0.15) is 5.84 Å². The fourth-order valence-corrected chi connectivity index (χ4v) is 4.37. The molecule has 0 saturated heterocycles. The highest BCUT2D eigenvalue weighted by Crippen LogP contribution is 2.18. The molecule has 0 saturated carbocycles. The molecule has 0 aromatic carbocycles. The summed E-state index contributed by atoms with van der Waals surface area (Å²) in [6.07, 6.45) is 1.37. The molecule has 3 aromatic rings. The Kier molecular flexibility index (Phi) is 6.64. The summed E-state index contributed by atoms with van der Waals surface area (Å²) in [7, 11) is 0. The molecular formula is C20H24N4O2S2. The number of ketones is 1. The summed E-state index contributed by atoms with van der Waals surface area (Å²) in [6, 6.07) is 6.11. The Balaban J connectivity index is 1.56. The Labute approximate surface area is 172 Å². The van der Waals surface area contributed by atoms with Crippen LogP contribution in [0.4, 0.5) is 0 Å². The van der Waals surface area contributed by atoms with Gasteiger partial charge in [0.2, 0.25) is 5.78 Å². The number of nitrogens with two attached hydrogens (primary N) is 1. The fourth-order valence-electron chi connectivity index (χ4n) is 3.06. The number of hydrogen-bond donors (Lipinski definition) is 1. The van der Waals surface area contributed by atoms with Crippen LogP contribution in [-0.4, -0.2) is 27.8 Å². The third kappa shape index (κ3) is 5.08. The predicted octanol–water partition coefficient (Wildman–Crippen LogP) is 3.89. The summed E-state index contributed by atoms with van der Waals surface area (Å²) in [4.78, 5) is 23.4. The van der Waals surface area contributed by atoms with E-state index >= 15 is 0 Å². The first-order chi connectivity index (χ1) is 13.4. The van der Waals surface area contributed by atoms with Crippen LogP contribution in [0.15, 0.2) is 34.1 Å². The van der Waals surface area contributed by atoms with E-state index in [1.54, 1.807) is 22.7 Å². The number of rotatable bonds is 9. The number of hydrogen-bond acceptors (Lipinski definition) is 6. The summed E-state index contributed by atoms with van der Waals surface area (Å²) in [5.74, 6) is 0.205. The van der Waals surface area contributed by atoms with Crippen molar-refractivity contribution in [2.45, 2.75) is 40.2 Å². The molecule has 3 aromatic heterocycles. The van der Waals surface area contributed by atoms with Crippen molar-refractivity contribution >= 4 is 34.3 Å². The Morgan fingerprint density at radius 3 is 2.82 bits per heavy atom. The molecule has 28 heavy (non-hydrogen) atoms. The van der Waals surface area contributed by atoms with Crippen molar-refractivity contribution in [3.8, 4) is 0 Å². The smallest absolute Gasteiger partial charge is 0.204 e. The number of carbonyl (C=O) groups excluding carboxylic acids is 1. The number of thiazole rings is 1. The van der Waals surface area contributed by atoms with Gasteiger partial charge in [-0.05, 0) is 44.7 Å². The molecule has 8 heteroatoms. The lowest BCUT2D eigenvalue weighted by Crippen LogP contribution is -2.17. The Morgan fingerprint density at radius 2 is 2.14 bits per heavy atom. The monoisotopic (exact) mass is 416 g/mol. The first-order valence-corrected chi connectivity index (χ1v) is 10.8. The third-order valence-corrected chi connectivity index (χ3v) is 6.20. The number of nitrogens with zero attached hydrogens (tertiary/aromatic N) is 3. The fraction of sp³-hybridized carbons (Fsp3) is 0.350. The molecule has 0 aliphatic carbocycles. The first kappa shape index (κ1) is 20.3. The number of thiophene rings is 1. The second kappa shape index (κ2) is 9.16. The summed E-state index contributed by atoms with van der Waals surface area (Å²) in [5, 5.41) is 8.86. The minimum atomic E-state index is -0.133. The highest BCUT2D eigenvalue weighted by Gasteiger charge is 2.16. The van der Waals surface area contributed by atoms with Gasteiger partial charge in [-0.3, -0.25) is 4.79 Å². The molecule has 2 N–H and O–H groups in total. The number of oxime groups is 1. The van der Waals surface area contributed by atoms with E-state index in [0.29, 0.717) is 17.8 Å². The van der Waals surface area contributed by atoms with Gasteiger partial charge in [-0.1, -0.05) is 11.2 Å². The molecule has 0 aliphatic rings. The maximum absolute atomic E-state index is 12.6. The molecule has 0 radical (unpaired) electrons. The standard InChI is InChI=1S/C20H24N4O2S2/c1-13-9-18(14(2)24(13)7-6-17-5-4-8-27-17)19(25)11-26-23-20(21)10-16-12-28-15(3)22-16/h4-5,8-9,12H,6-7,10-11H2,1-3H3,(H2,21,23). The average molecular weight is 417 g/mol. The zero-order valence-electron chi connectivity index (χ0n) is 16.3. The quantitative estimate of drug-likeness (QED) is 0.248. The van der Waals surface area contributed by atoms with Gasteiger partial charge in [0, 0.05) is 33.8 Å². The lowest BCUT2D eigenvalue weighted by Gasteiger charge is -2.09. The molecule has 3 rings (SSSR count). The summed E-state index contributed by atoms with van der Waals surface area (Å²) in [5.41, 5.74) is 9.41. The second-order valence-electron chi connectivity index (χ2n) is 6.58. The lowest BCUT2D eigenvalue weighted by atomic mass is 10.1. The average Bonchev–Trinajstić information content (AvgIpc) is 3.36. The van der Waals surface area contributed by atoms with Crippen molar-refractivity contribution in [1.29, 1.82) is 0 Å². The number of aromatic nitrogens is 2. The van der Waals surface area contributed by atoms with E-state index in [0.717, 1.165) is 35.1 Å². The van der Waals surface area contributed by atoms with E-state index in [1.807, 2.05) is 32.2 Å². The molecule has 0 spiro atoms. The van der Waals surface area contributed by atoms with Crippen molar-refractivity contribution < 1.29 is 9.63 Å². The summed E-state index contributed by atoms with van der Waals surface area (Å²) >= 11 is 3.31. The first-order valence-electron chi connectivity index (χ1n) is 9.01. The Morgan fingerprint density at radius 1 is 1.32 bits per heavy atom. The van der Waals surface area contributed by atoms with Gasteiger partial charge in [-0.15, -0.1) is 22.7 Å². The lowest BCUT2D eigenvalue weighted by molar-refractivity contribution is 0.0774. The van der Waals surface area contributed by atoms with Gasteiger partial charge >= 0.3 is 0 Å².